The fourth-order valence-electron chi connectivity index (χ4n) is 1.73. The molecule has 0 unspecified atom stereocenters. The summed E-state index contributed by atoms with van der Waals surface area (Å²) in [5.74, 6) is 0.243. The lowest BCUT2D eigenvalue weighted by Gasteiger charge is -2.08. The average Bonchev–Trinajstić information content (AvgIpc) is 2.45. The molecule has 5 heteroatoms. The van der Waals surface area contributed by atoms with Gasteiger partial charge in [0, 0.05) is 5.56 Å². The molecule has 0 saturated heterocycles. The molecule has 20 heavy (non-hydrogen) atoms. The van der Waals surface area contributed by atoms with Crippen molar-refractivity contribution in [2.45, 2.75) is 13.2 Å². The monoisotopic (exact) mass is 291 g/mol. The number of ether oxygens (including phenoxy) is 1. The largest absolute Gasteiger partial charge is 0.489 e. The highest BCUT2D eigenvalue weighted by Gasteiger charge is 2.04. The first kappa shape index (κ1) is 14.4. The van der Waals surface area contributed by atoms with Gasteiger partial charge in [-0.25, -0.2) is 4.39 Å². The van der Waals surface area contributed by atoms with Gasteiger partial charge in [-0.05, 0) is 41.5 Å². The Labute approximate surface area is 121 Å². The highest BCUT2D eigenvalue weighted by Crippen LogP contribution is 2.16. The van der Waals surface area contributed by atoms with Crippen LogP contribution in [0.3, 0.4) is 0 Å². The van der Waals surface area contributed by atoms with Crippen LogP contribution in [0.5, 0.6) is 5.75 Å². The van der Waals surface area contributed by atoms with Crippen molar-refractivity contribution < 1.29 is 14.2 Å². The molecular weight excluding hydrogens is 277 g/mol. The Bertz CT molecular complexity index is 614. The molecule has 0 fully saturated rings. The van der Waals surface area contributed by atoms with E-state index in [0.717, 1.165) is 5.56 Å². The van der Waals surface area contributed by atoms with E-state index in [1.807, 2.05) is 0 Å². The first-order chi connectivity index (χ1) is 9.58. The summed E-state index contributed by atoms with van der Waals surface area (Å²) in [6.07, 6.45) is 0. The average molecular weight is 291 g/mol. The maximum Gasteiger partial charge on any atom is 0.124 e. The summed E-state index contributed by atoms with van der Waals surface area (Å²) in [5, 5.41) is 8.94. The van der Waals surface area contributed by atoms with E-state index in [0.29, 0.717) is 16.9 Å². The normalized spacial score (nSPS) is 10.3. The fourth-order valence-corrected chi connectivity index (χ4v) is 1.85. The molecule has 0 saturated carbocycles. The van der Waals surface area contributed by atoms with Crippen LogP contribution >= 0.6 is 12.2 Å². The Morgan fingerprint density at radius 2 is 1.85 bits per heavy atom. The number of nitrogens with two attached hydrogens (primary N) is 1. The van der Waals surface area contributed by atoms with Gasteiger partial charge in [0.2, 0.25) is 0 Å². The zero-order valence-electron chi connectivity index (χ0n) is 10.7. The molecule has 0 atom stereocenters. The van der Waals surface area contributed by atoms with Crippen LogP contribution in [0.15, 0.2) is 42.5 Å². The summed E-state index contributed by atoms with van der Waals surface area (Å²) in [5.41, 5.74) is 7.43. The summed E-state index contributed by atoms with van der Waals surface area (Å²) in [6, 6.07) is 11.4. The molecule has 0 heterocycles. The highest BCUT2D eigenvalue weighted by molar-refractivity contribution is 7.80. The van der Waals surface area contributed by atoms with E-state index in [9.17, 15) is 4.39 Å². The van der Waals surface area contributed by atoms with Crippen LogP contribution in [0.25, 0.3) is 0 Å². The fraction of sp³-hybridized carbons (Fsp3) is 0.133. The van der Waals surface area contributed by atoms with E-state index >= 15 is 0 Å². The van der Waals surface area contributed by atoms with E-state index in [1.165, 1.54) is 12.1 Å². The van der Waals surface area contributed by atoms with Gasteiger partial charge in [0.05, 0.1) is 6.61 Å². The molecule has 2 rings (SSSR count). The zero-order valence-corrected chi connectivity index (χ0v) is 11.5. The maximum atomic E-state index is 13.4. The Balaban J connectivity index is 2.08. The SMILES string of the molecule is NC(=S)c1cc(F)cc(COc2ccc(CO)cc2)c1. The van der Waals surface area contributed by atoms with Gasteiger partial charge in [-0.15, -0.1) is 0 Å². The lowest BCUT2D eigenvalue weighted by atomic mass is 10.1. The topological polar surface area (TPSA) is 55.5 Å². The zero-order chi connectivity index (χ0) is 14.5. The number of benzene rings is 2. The van der Waals surface area contributed by atoms with Crippen LogP contribution in [-0.2, 0) is 13.2 Å². The Morgan fingerprint density at radius 1 is 1.15 bits per heavy atom. The number of rotatable bonds is 5. The number of aliphatic hydroxyl groups is 1. The molecule has 0 bridgehead atoms. The second kappa shape index (κ2) is 6.45. The van der Waals surface area contributed by atoms with Crippen LogP contribution in [-0.4, -0.2) is 10.1 Å². The van der Waals surface area contributed by atoms with Crippen molar-refractivity contribution in [3.05, 3.63) is 65.0 Å². The molecular formula is C15H14FNO2S. The highest BCUT2D eigenvalue weighted by atomic mass is 32.1. The van der Waals surface area contributed by atoms with E-state index in [-0.39, 0.29) is 18.2 Å². The smallest absolute Gasteiger partial charge is 0.124 e. The predicted molar refractivity (Wildman–Crippen MR) is 79.0 cm³/mol. The number of thiocarbonyl (C=S) groups is 1. The Kier molecular flexibility index (Phi) is 4.65. The van der Waals surface area contributed by atoms with E-state index in [1.54, 1.807) is 30.3 Å². The van der Waals surface area contributed by atoms with E-state index < -0.39 is 5.82 Å². The quantitative estimate of drug-likeness (QED) is 0.831. The third-order valence-corrected chi connectivity index (χ3v) is 2.99. The second-order valence-corrected chi connectivity index (χ2v) is 4.74. The van der Waals surface area contributed by atoms with Gasteiger partial charge < -0.3 is 15.6 Å². The molecule has 0 amide bonds. The molecule has 3 nitrogen and oxygen atoms in total. The maximum absolute atomic E-state index is 13.4. The summed E-state index contributed by atoms with van der Waals surface area (Å²) < 4.78 is 19.0. The first-order valence-corrected chi connectivity index (χ1v) is 6.41. The van der Waals surface area contributed by atoms with Crippen LogP contribution in [0, 0.1) is 5.82 Å². The summed E-state index contributed by atoms with van der Waals surface area (Å²) in [4.78, 5) is 0.151. The van der Waals surface area contributed by atoms with Crippen LogP contribution < -0.4 is 10.5 Å². The van der Waals surface area contributed by atoms with Gasteiger partial charge in [0.1, 0.15) is 23.2 Å². The van der Waals surface area contributed by atoms with Crippen molar-refractivity contribution in [1.82, 2.24) is 0 Å². The van der Waals surface area contributed by atoms with Gasteiger partial charge >= 0.3 is 0 Å². The minimum atomic E-state index is -0.399. The van der Waals surface area contributed by atoms with Crippen molar-refractivity contribution in [2.75, 3.05) is 0 Å². The number of hydrogen-bond donors (Lipinski definition) is 2. The Morgan fingerprint density at radius 3 is 2.45 bits per heavy atom. The van der Waals surface area contributed by atoms with Crippen molar-refractivity contribution >= 4 is 17.2 Å². The summed E-state index contributed by atoms with van der Waals surface area (Å²) >= 11 is 4.83. The second-order valence-electron chi connectivity index (χ2n) is 4.30. The first-order valence-electron chi connectivity index (χ1n) is 6.00. The van der Waals surface area contributed by atoms with Crippen LogP contribution in [0.4, 0.5) is 4.39 Å². The minimum Gasteiger partial charge on any atom is -0.489 e. The molecule has 104 valence electrons. The summed E-state index contributed by atoms with van der Waals surface area (Å²) in [6.45, 7) is 0.202. The van der Waals surface area contributed by atoms with Crippen molar-refractivity contribution in [3.63, 3.8) is 0 Å². The van der Waals surface area contributed by atoms with Gasteiger partial charge in [-0.2, -0.15) is 0 Å². The molecule has 0 radical (unpaired) electrons. The third-order valence-electron chi connectivity index (χ3n) is 2.75. The minimum absolute atomic E-state index is 0.0124. The van der Waals surface area contributed by atoms with Crippen molar-refractivity contribution in [1.29, 1.82) is 0 Å². The van der Waals surface area contributed by atoms with Crippen molar-refractivity contribution in [3.8, 4) is 5.75 Å². The molecule has 0 aliphatic heterocycles. The summed E-state index contributed by atoms with van der Waals surface area (Å²) in [7, 11) is 0. The van der Waals surface area contributed by atoms with Gasteiger partial charge in [-0.1, -0.05) is 24.4 Å². The van der Waals surface area contributed by atoms with Crippen LogP contribution in [0.2, 0.25) is 0 Å². The third kappa shape index (κ3) is 3.76. The van der Waals surface area contributed by atoms with E-state index in [4.69, 9.17) is 27.8 Å². The number of hydrogen-bond acceptors (Lipinski definition) is 3. The molecule has 0 aliphatic carbocycles. The van der Waals surface area contributed by atoms with Gasteiger partial charge in [0.15, 0.2) is 0 Å². The molecule has 0 aromatic heterocycles. The molecule has 2 aromatic carbocycles. The lowest BCUT2D eigenvalue weighted by molar-refractivity contribution is 0.280. The van der Waals surface area contributed by atoms with E-state index in [2.05, 4.69) is 0 Å². The Hall–Kier alpha value is -1.98. The molecule has 0 spiro atoms. The van der Waals surface area contributed by atoms with Gasteiger partial charge in [0.25, 0.3) is 0 Å². The standard InChI is InChI=1S/C15H14FNO2S/c16-13-6-11(5-12(7-13)15(17)20)9-19-14-3-1-10(8-18)2-4-14/h1-7,18H,8-9H2,(H2,17,20). The van der Waals surface area contributed by atoms with Gasteiger partial charge in [-0.3, -0.25) is 0 Å². The number of halogens is 1. The number of aliphatic hydroxyl groups excluding tert-OH is 1. The molecule has 0 aliphatic rings. The molecule has 3 N–H and O–H groups in total. The van der Waals surface area contributed by atoms with Crippen LogP contribution in [0.1, 0.15) is 16.7 Å². The lowest BCUT2D eigenvalue weighted by Crippen LogP contribution is -2.10. The predicted octanol–water partition coefficient (Wildman–Crippen LogP) is 2.53. The molecule has 2 aromatic rings. The van der Waals surface area contributed by atoms with Crippen molar-refractivity contribution in [2.24, 2.45) is 5.73 Å².